The van der Waals surface area contributed by atoms with Crippen LogP contribution in [-0.4, -0.2) is 0 Å². The molecule has 188 valence electrons. The van der Waals surface area contributed by atoms with E-state index in [1.165, 1.54) is 77.0 Å². The molecule has 2 saturated carbocycles. The van der Waals surface area contributed by atoms with E-state index in [0.29, 0.717) is 11.5 Å². The normalized spacial score (nSPS) is 26.5. The van der Waals surface area contributed by atoms with Crippen molar-refractivity contribution >= 4 is 15.9 Å². The summed E-state index contributed by atoms with van der Waals surface area (Å²) in [7, 11) is 0. The number of halogens is 5. The zero-order valence-electron chi connectivity index (χ0n) is 20.2. The van der Waals surface area contributed by atoms with Crippen LogP contribution in [0, 0.1) is 29.4 Å². The van der Waals surface area contributed by atoms with E-state index in [1.807, 2.05) is 0 Å². The molecule has 0 N–H and O–H groups in total. The van der Waals surface area contributed by atoms with Crippen LogP contribution in [0.3, 0.4) is 0 Å². The Morgan fingerprint density at radius 3 is 1.52 bits per heavy atom. The van der Waals surface area contributed by atoms with Gasteiger partial charge in [-0.1, -0.05) is 84.0 Å². The number of rotatable bonds is 11. The third-order valence-electron chi connectivity index (χ3n) is 8.32. The lowest BCUT2D eigenvalue weighted by molar-refractivity contribution is 0.105. The van der Waals surface area contributed by atoms with Crippen molar-refractivity contribution in [1.82, 2.24) is 0 Å². The first-order chi connectivity index (χ1) is 15.8. The smallest absolute Gasteiger partial charge is 0.206 e. The van der Waals surface area contributed by atoms with Crippen molar-refractivity contribution in [2.45, 2.75) is 120 Å². The van der Waals surface area contributed by atoms with Crippen molar-refractivity contribution in [2.24, 2.45) is 17.8 Å². The van der Waals surface area contributed by atoms with Crippen LogP contribution in [0.2, 0.25) is 0 Å². The van der Waals surface area contributed by atoms with Gasteiger partial charge in [0.1, 0.15) is 17.2 Å². The van der Waals surface area contributed by atoms with Gasteiger partial charge in [0.05, 0.1) is 0 Å². The molecule has 1 aromatic carbocycles. The standard InChI is InChI=1S/C28H41BrF4/c1-2-3-4-7-20-10-12-21(13-11-20)8-5-6-9-22-14-16-23(17-15-22)24-18-25(30)27(26(31)19-24)28(29,32)33/h18-23H,2-17H2,1H3. The summed E-state index contributed by atoms with van der Waals surface area (Å²) in [4.78, 5) is -3.69. The molecule has 0 amide bonds. The predicted molar refractivity (Wildman–Crippen MR) is 132 cm³/mol. The van der Waals surface area contributed by atoms with E-state index in [0.717, 1.165) is 49.7 Å². The largest absolute Gasteiger partial charge is 0.332 e. The van der Waals surface area contributed by atoms with Crippen molar-refractivity contribution in [3.63, 3.8) is 0 Å². The molecule has 0 saturated heterocycles. The van der Waals surface area contributed by atoms with Crippen molar-refractivity contribution in [3.05, 3.63) is 34.9 Å². The molecule has 1 aromatic rings. The Labute approximate surface area is 206 Å². The zero-order chi connectivity index (χ0) is 23.8. The van der Waals surface area contributed by atoms with Crippen LogP contribution in [0.5, 0.6) is 0 Å². The maximum absolute atomic E-state index is 14.1. The van der Waals surface area contributed by atoms with Crippen molar-refractivity contribution in [2.75, 3.05) is 0 Å². The Kier molecular flexibility index (Phi) is 10.6. The SMILES string of the molecule is CCCCCC1CCC(CCCCC2CCC(c3cc(F)c(C(F)(F)Br)c(F)c3)CC2)CC1. The first kappa shape index (κ1) is 27.0. The molecule has 3 rings (SSSR count). The summed E-state index contributed by atoms with van der Waals surface area (Å²) in [6, 6.07) is 2.22. The average molecular weight is 534 g/mol. The fourth-order valence-corrected chi connectivity index (χ4v) is 6.62. The van der Waals surface area contributed by atoms with Gasteiger partial charge in [-0.2, -0.15) is 8.78 Å². The topological polar surface area (TPSA) is 0 Å². The minimum Gasteiger partial charge on any atom is -0.206 e. The number of hydrogen-bond donors (Lipinski definition) is 0. The molecule has 33 heavy (non-hydrogen) atoms. The van der Waals surface area contributed by atoms with E-state index < -0.39 is 22.0 Å². The summed E-state index contributed by atoms with van der Waals surface area (Å²) in [6.07, 6.45) is 20.4. The quantitative estimate of drug-likeness (QED) is 0.151. The van der Waals surface area contributed by atoms with Gasteiger partial charge in [-0.25, -0.2) is 8.78 Å². The summed E-state index contributed by atoms with van der Waals surface area (Å²) in [5.41, 5.74) is -0.667. The van der Waals surface area contributed by atoms with Crippen molar-refractivity contribution < 1.29 is 17.6 Å². The Balaban J connectivity index is 1.32. The second kappa shape index (κ2) is 12.9. The molecule has 0 aliphatic heterocycles. The molecule has 0 aromatic heterocycles. The van der Waals surface area contributed by atoms with Gasteiger partial charge in [0, 0.05) is 0 Å². The first-order valence-electron chi connectivity index (χ1n) is 13.3. The lowest BCUT2D eigenvalue weighted by atomic mass is 9.76. The Hall–Kier alpha value is -0.580. The fourth-order valence-electron chi connectivity index (χ4n) is 6.24. The van der Waals surface area contributed by atoms with Gasteiger partial charge in [0.2, 0.25) is 0 Å². The molecule has 5 heteroatoms. The fraction of sp³-hybridized carbons (Fsp3) is 0.786. The Bertz CT molecular complexity index is 690. The maximum atomic E-state index is 14.1. The van der Waals surface area contributed by atoms with Crippen LogP contribution in [-0.2, 0) is 4.83 Å². The van der Waals surface area contributed by atoms with Crippen LogP contribution < -0.4 is 0 Å². The second-order valence-corrected chi connectivity index (χ2v) is 11.7. The third kappa shape index (κ3) is 8.25. The molecule has 0 nitrogen and oxygen atoms in total. The van der Waals surface area contributed by atoms with Gasteiger partial charge in [-0.3, -0.25) is 0 Å². The summed E-state index contributed by atoms with van der Waals surface area (Å²) in [6.45, 7) is 2.28. The van der Waals surface area contributed by atoms with E-state index in [1.54, 1.807) is 0 Å². The van der Waals surface area contributed by atoms with E-state index in [-0.39, 0.29) is 5.92 Å². The predicted octanol–water partition coefficient (Wildman–Crippen LogP) is 10.6. The molecule has 2 aliphatic carbocycles. The van der Waals surface area contributed by atoms with Gasteiger partial charge in [0.25, 0.3) is 0 Å². The van der Waals surface area contributed by atoms with Gasteiger partial charge in [0.15, 0.2) is 0 Å². The van der Waals surface area contributed by atoms with Gasteiger partial charge < -0.3 is 0 Å². The van der Waals surface area contributed by atoms with E-state index in [2.05, 4.69) is 22.9 Å². The average Bonchev–Trinajstić information content (AvgIpc) is 2.77. The molecule has 2 aliphatic rings. The highest BCUT2D eigenvalue weighted by Crippen LogP contribution is 2.42. The van der Waals surface area contributed by atoms with Gasteiger partial charge in [-0.05, 0) is 83.0 Å². The molecule has 0 unspecified atom stereocenters. The number of hydrogen-bond acceptors (Lipinski definition) is 0. The van der Waals surface area contributed by atoms with Crippen LogP contribution >= 0.6 is 15.9 Å². The van der Waals surface area contributed by atoms with E-state index in [4.69, 9.17) is 0 Å². The highest BCUT2D eigenvalue weighted by molar-refractivity contribution is 9.09. The third-order valence-corrected chi connectivity index (χ3v) is 8.72. The van der Waals surface area contributed by atoms with E-state index in [9.17, 15) is 17.6 Å². The van der Waals surface area contributed by atoms with Gasteiger partial charge >= 0.3 is 4.83 Å². The Morgan fingerprint density at radius 2 is 1.12 bits per heavy atom. The van der Waals surface area contributed by atoms with Crippen LogP contribution in [0.15, 0.2) is 12.1 Å². The lowest BCUT2D eigenvalue weighted by Crippen LogP contribution is -2.16. The second-order valence-electron chi connectivity index (χ2n) is 10.7. The van der Waals surface area contributed by atoms with Crippen molar-refractivity contribution in [1.29, 1.82) is 0 Å². The number of unbranched alkanes of at least 4 members (excludes halogenated alkanes) is 3. The van der Waals surface area contributed by atoms with Crippen LogP contribution in [0.25, 0.3) is 0 Å². The lowest BCUT2D eigenvalue weighted by Gasteiger charge is -2.30. The molecule has 0 spiro atoms. The molecule has 2 fully saturated rings. The summed E-state index contributed by atoms with van der Waals surface area (Å²) < 4.78 is 55.0. The highest BCUT2D eigenvalue weighted by Gasteiger charge is 2.35. The highest BCUT2D eigenvalue weighted by atomic mass is 79.9. The summed E-state index contributed by atoms with van der Waals surface area (Å²) >= 11 is 2.07. The number of benzene rings is 1. The minimum atomic E-state index is -3.69. The summed E-state index contributed by atoms with van der Waals surface area (Å²) in [5, 5.41) is 0. The van der Waals surface area contributed by atoms with E-state index >= 15 is 0 Å². The number of alkyl halides is 3. The minimum absolute atomic E-state index is 0.0655. The monoisotopic (exact) mass is 532 g/mol. The van der Waals surface area contributed by atoms with Crippen LogP contribution in [0.1, 0.15) is 127 Å². The first-order valence-corrected chi connectivity index (χ1v) is 14.1. The molecular weight excluding hydrogens is 492 g/mol. The molecule has 0 heterocycles. The Morgan fingerprint density at radius 1 is 0.727 bits per heavy atom. The van der Waals surface area contributed by atoms with Crippen molar-refractivity contribution in [3.8, 4) is 0 Å². The van der Waals surface area contributed by atoms with Crippen LogP contribution in [0.4, 0.5) is 17.6 Å². The molecule has 0 bridgehead atoms. The van der Waals surface area contributed by atoms with Gasteiger partial charge in [-0.15, -0.1) is 0 Å². The summed E-state index contributed by atoms with van der Waals surface area (Å²) in [5.74, 6) is 0.347. The zero-order valence-corrected chi connectivity index (χ0v) is 21.8. The molecule has 0 atom stereocenters. The maximum Gasteiger partial charge on any atom is 0.332 e. The molecule has 0 radical (unpaired) electrons. The molecular formula is C28H41BrF4.